The molecule has 0 radical (unpaired) electrons. The predicted molar refractivity (Wildman–Crippen MR) is 102 cm³/mol. The predicted octanol–water partition coefficient (Wildman–Crippen LogP) is 1.79. The van der Waals surface area contributed by atoms with E-state index in [1.807, 2.05) is 23.7 Å². The van der Waals surface area contributed by atoms with Gasteiger partial charge in [0, 0.05) is 38.3 Å². The fraction of sp³-hybridized carbons (Fsp3) is 0.556. The summed E-state index contributed by atoms with van der Waals surface area (Å²) in [6.45, 7) is 4.35. The van der Waals surface area contributed by atoms with Crippen LogP contribution in [-0.2, 0) is 17.1 Å². The average molecular weight is 375 g/mol. The lowest BCUT2D eigenvalue weighted by molar-refractivity contribution is 0.289. The second-order valence-electron chi connectivity index (χ2n) is 7.20. The monoisotopic (exact) mass is 375 g/mol. The molecule has 0 spiro atoms. The van der Waals surface area contributed by atoms with Gasteiger partial charge in [0.25, 0.3) is 0 Å². The highest BCUT2D eigenvalue weighted by atomic mass is 32.2. The first-order valence-corrected chi connectivity index (χ1v) is 10.8. The Morgan fingerprint density at radius 2 is 1.81 bits per heavy atom. The maximum Gasteiger partial charge on any atom is 0.227 e. The molecule has 140 valence electrons. The summed E-state index contributed by atoms with van der Waals surface area (Å²) < 4.78 is 28.0. The SMILES string of the molecule is Cc1ccccc1-c1nnc(N2CCC(N3CCCS3(=O)=O)CC2)n1C. The molecule has 2 aliphatic heterocycles. The van der Waals surface area contributed by atoms with Crippen molar-refractivity contribution in [1.82, 2.24) is 19.1 Å². The number of nitrogens with zero attached hydrogens (tertiary/aromatic N) is 5. The second kappa shape index (κ2) is 6.66. The van der Waals surface area contributed by atoms with Crippen LogP contribution in [0.25, 0.3) is 11.4 Å². The molecule has 4 rings (SSSR count). The molecule has 0 saturated carbocycles. The van der Waals surface area contributed by atoms with Gasteiger partial charge in [0.2, 0.25) is 16.0 Å². The van der Waals surface area contributed by atoms with Crippen molar-refractivity contribution in [2.75, 3.05) is 30.3 Å². The summed E-state index contributed by atoms with van der Waals surface area (Å²) in [6.07, 6.45) is 2.43. The molecule has 2 fully saturated rings. The number of benzene rings is 1. The van der Waals surface area contributed by atoms with Gasteiger partial charge in [-0.25, -0.2) is 8.42 Å². The molecule has 0 bridgehead atoms. The summed E-state index contributed by atoms with van der Waals surface area (Å²) in [5.41, 5.74) is 2.26. The fourth-order valence-electron chi connectivity index (χ4n) is 4.08. The fourth-order valence-corrected chi connectivity index (χ4v) is 5.88. The van der Waals surface area contributed by atoms with Crippen LogP contribution in [0.3, 0.4) is 0 Å². The van der Waals surface area contributed by atoms with Gasteiger partial charge in [0.05, 0.1) is 5.75 Å². The topological polar surface area (TPSA) is 71.3 Å². The molecular formula is C18H25N5O2S. The molecule has 1 aromatic heterocycles. The minimum atomic E-state index is -3.03. The lowest BCUT2D eigenvalue weighted by atomic mass is 10.1. The molecule has 0 unspecified atom stereocenters. The zero-order valence-corrected chi connectivity index (χ0v) is 16.1. The molecule has 2 aliphatic rings. The van der Waals surface area contributed by atoms with Gasteiger partial charge in [-0.15, -0.1) is 10.2 Å². The van der Waals surface area contributed by atoms with E-state index in [0.29, 0.717) is 12.3 Å². The van der Waals surface area contributed by atoms with E-state index in [4.69, 9.17) is 0 Å². The Kier molecular flexibility index (Phi) is 4.48. The van der Waals surface area contributed by atoms with Gasteiger partial charge in [-0.05, 0) is 31.7 Å². The lowest BCUT2D eigenvalue weighted by Gasteiger charge is -2.36. The van der Waals surface area contributed by atoms with Gasteiger partial charge in [-0.2, -0.15) is 4.31 Å². The highest BCUT2D eigenvalue weighted by Gasteiger charge is 2.36. The maximum absolute atomic E-state index is 12.1. The van der Waals surface area contributed by atoms with Crippen LogP contribution in [0.4, 0.5) is 5.95 Å². The standard InChI is InChI=1S/C18H25N5O2S/c1-14-6-3-4-7-16(14)17-19-20-18(21(17)2)22-11-8-15(9-12-22)23-10-5-13-26(23,24)25/h3-4,6-7,15H,5,8-13H2,1-2H3. The zero-order valence-electron chi connectivity index (χ0n) is 15.3. The van der Waals surface area contributed by atoms with Gasteiger partial charge in [-0.1, -0.05) is 24.3 Å². The van der Waals surface area contributed by atoms with E-state index in [1.54, 1.807) is 4.31 Å². The lowest BCUT2D eigenvalue weighted by Crippen LogP contribution is -2.46. The minimum Gasteiger partial charge on any atom is -0.341 e. The molecule has 3 heterocycles. The number of piperidine rings is 1. The normalized spacial score (nSPS) is 21.4. The van der Waals surface area contributed by atoms with E-state index in [1.165, 1.54) is 5.56 Å². The van der Waals surface area contributed by atoms with E-state index in [2.05, 4.69) is 34.2 Å². The Morgan fingerprint density at radius 3 is 2.46 bits per heavy atom. The van der Waals surface area contributed by atoms with Crippen LogP contribution in [-0.4, -0.2) is 58.9 Å². The third-order valence-corrected chi connectivity index (χ3v) is 7.53. The van der Waals surface area contributed by atoms with Gasteiger partial charge in [0.1, 0.15) is 0 Å². The van der Waals surface area contributed by atoms with Crippen LogP contribution in [0.2, 0.25) is 0 Å². The number of sulfonamides is 1. The van der Waals surface area contributed by atoms with Gasteiger partial charge in [-0.3, -0.25) is 4.57 Å². The molecule has 0 N–H and O–H groups in total. The van der Waals surface area contributed by atoms with Gasteiger partial charge >= 0.3 is 0 Å². The van der Waals surface area contributed by atoms with Crippen LogP contribution < -0.4 is 4.90 Å². The van der Waals surface area contributed by atoms with Gasteiger partial charge < -0.3 is 4.90 Å². The second-order valence-corrected chi connectivity index (χ2v) is 9.24. The molecule has 0 aliphatic carbocycles. The Hall–Kier alpha value is -1.93. The minimum absolute atomic E-state index is 0.128. The highest BCUT2D eigenvalue weighted by Crippen LogP contribution is 2.28. The van der Waals surface area contributed by atoms with Gasteiger partial charge in [0.15, 0.2) is 5.82 Å². The summed E-state index contributed by atoms with van der Waals surface area (Å²) in [4.78, 5) is 2.22. The summed E-state index contributed by atoms with van der Waals surface area (Å²) in [5, 5.41) is 8.82. The average Bonchev–Trinajstić information content (AvgIpc) is 3.18. The summed E-state index contributed by atoms with van der Waals surface area (Å²) in [6, 6.07) is 8.30. The van der Waals surface area contributed by atoms with Crippen molar-refractivity contribution >= 4 is 16.0 Å². The number of hydrogen-bond acceptors (Lipinski definition) is 5. The molecule has 7 nitrogen and oxygen atoms in total. The van der Waals surface area contributed by atoms with Crippen molar-refractivity contribution in [2.24, 2.45) is 7.05 Å². The summed E-state index contributed by atoms with van der Waals surface area (Å²) in [5.74, 6) is 2.02. The van der Waals surface area contributed by atoms with E-state index in [0.717, 1.165) is 49.7 Å². The molecule has 26 heavy (non-hydrogen) atoms. The van der Waals surface area contributed by atoms with Crippen molar-refractivity contribution in [3.63, 3.8) is 0 Å². The smallest absolute Gasteiger partial charge is 0.227 e. The third-order valence-electron chi connectivity index (χ3n) is 5.53. The Morgan fingerprint density at radius 1 is 1.08 bits per heavy atom. The van der Waals surface area contributed by atoms with Crippen molar-refractivity contribution < 1.29 is 8.42 Å². The first-order chi connectivity index (χ1) is 12.5. The van der Waals surface area contributed by atoms with Crippen molar-refractivity contribution in [2.45, 2.75) is 32.2 Å². The van der Waals surface area contributed by atoms with Crippen molar-refractivity contribution in [1.29, 1.82) is 0 Å². The van der Waals surface area contributed by atoms with Crippen molar-refractivity contribution in [3.8, 4) is 11.4 Å². The van der Waals surface area contributed by atoms with Crippen molar-refractivity contribution in [3.05, 3.63) is 29.8 Å². The summed E-state index contributed by atoms with van der Waals surface area (Å²) >= 11 is 0. The van der Waals surface area contributed by atoms with Crippen LogP contribution >= 0.6 is 0 Å². The van der Waals surface area contributed by atoms with E-state index < -0.39 is 10.0 Å². The largest absolute Gasteiger partial charge is 0.341 e. The zero-order chi connectivity index (χ0) is 18.3. The number of aryl methyl sites for hydroxylation is 1. The molecule has 8 heteroatoms. The molecular weight excluding hydrogens is 350 g/mol. The molecule has 0 amide bonds. The first kappa shape index (κ1) is 17.5. The Balaban J connectivity index is 1.50. The molecule has 2 saturated heterocycles. The van der Waals surface area contributed by atoms with E-state index in [9.17, 15) is 8.42 Å². The molecule has 0 atom stereocenters. The Bertz CT molecular complexity index is 900. The number of rotatable bonds is 3. The number of aromatic nitrogens is 3. The van der Waals surface area contributed by atoms with E-state index >= 15 is 0 Å². The Labute approximate surface area is 154 Å². The number of hydrogen-bond donors (Lipinski definition) is 0. The molecule has 2 aromatic rings. The number of anilines is 1. The third kappa shape index (κ3) is 3.01. The highest BCUT2D eigenvalue weighted by molar-refractivity contribution is 7.89. The maximum atomic E-state index is 12.1. The first-order valence-electron chi connectivity index (χ1n) is 9.17. The van der Waals surface area contributed by atoms with Crippen LogP contribution in [0.5, 0.6) is 0 Å². The summed E-state index contributed by atoms with van der Waals surface area (Å²) in [7, 11) is -1.04. The van der Waals surface area contributed by atoms with E-state index in [-0.39, 0.29) is 6.04 Å². The molecule has 1 aromatic carbocycles. The quantitative estimate of drug-likeness (QED) is 0.818. The van der Waals surface area contributed by atoms with Crippen LogP contribution in [0, 0.1) is 6.92 Å². The van der Waals surface area contributed by atoms with Crippen LogP contribution in [0.1, 0.15) is 24.8 Å². The van der Waals surface area contributed by atoms with Crippen LogP contribution in [0.15, 0.2) is 24.3 Å².